The van der Waals surface area contributed by atoms with Crippen LogP contribution in [0.15, 0.2) is 24.3 Å². The highest BCUT2D eigenvalue weighted by molar-refractivity contribution is 5.69. The van der Waals surface area contributed by atoms with Crippen LogP contribution >= 0.6 is 0 Å². The molecule has 1 atom stereocenters. The number of nitrogens with zero attached hydrogens (tertiary/aromatic N) is 1. The van der Waals surface area contributed by atoms with Gasteiger partial charge in [-0.2, -0.15) is 0 Å². The summed E-state index contributed by atoms with van der Waals surface area (Å²) in [5, 5.41) is 0. The van der Waals surface area contributed by atoms with Crippen molar-refractivity contribution in [2.24, 2.45) is 5.73 Å². The number of allylic oxidation sites excluding steroid dienone is 4. The van der Waals surface area contributed by atoms with E-state index < -0.39 is 0 Å². The van der Waals surface area contributed by atoms with Crippen molar-refractivity contribution in [3.63, 3.8) is 0 Å². The van der Waals surface area contributed by atoms with Gasteiger partial charge in [0.05, 0.1) is 25.7 Å². The van der Waals surface area contributed by atoms with Crippen LogP contribution in [-0.2, 0) is 19.0 Å². The third kappa shape index (κ3) is 22.5. The largest absolute Gasteiger partial charge is 0.463 e. The Morgan fingerprint density at radius 3 is 2.22 bits per heavy atom. The van der Waals surface area contributed by atoms with Gasteiger partial charge in [-0.15, -0.1) is 0 Å². The molecule has 1 heterocycles. The molecule has 0 aliphatic carbocycles. The van der Waals surface area contributed by atoms with E-state index in [1.54, 1.807) is 0 Å². The summed E-state index contributed by atoms with van der Waals surface area (Å²) >= 11 is 0. The van der Waals surface area contributed by atoms with Crippen molar-refractivity contribution in [2.45, 2.75) is 116 Å². The van der Waals surface area contributed by atoms with Crippen LogP contribution in [0.1, 0.15) is 110 Å². The van der Waals surface area contributed by atoms with Crippen LogP contribution in [0.25, 0.3) is 0 Å². The zero-order valence-electron chi connectivity index (χ0n) is 24.0. The molecule has 0 aromatic heterocycles. The second kappa shape index (κ2) is 26.4. The Morgan fingerprint density at radius 2 is 1.51 bits per heavy atom. The summed E-state index contributed by atoms with van der Waals surface area (Å²) < 4.78 is 17.2. The molecule has 0 amide bonds. The second-order valence-electron chi connectivity index (χ2n) is 10.3. The van der Waals surface area contributed by atoms with Crippen molar-refractivity contribution in [2.75, 3.05) is 52.6 Å². The van der Waals surface area contributed by atoms with E-state index in [1.165, 1.54) is 83.5 Å². The molecule has 0 saturated carbocycles. The highest BCUT2D eigenvalue weighted by Gasteiger charge is 2.17. The number of ether oxygens (including phenoxy) is 3. The Morgan fingerprint density at radius 1 is 0.838 bits per heavy atom. The molecule has 1 fully saturated rings. The first-order chi connectivity index (χ1) is 18.3. The SMILES string of the molecule is CCCCCC=CCC=CCCCCCCCCOCC(CN1CCCCC1)OCCOC(=O)CCN. The predicted molar refractivity (Wildman–Crippen MR) is 155 cm³/mol. The second-order valence-corrected chi connectivity index (χ2v) is 10.3. The standard InChI is InChI=1S/C31H58N2O4/c1-2-3-4-5-6-7-8-9-10-11-12-13-14-15-16-20-25-35-29-30(28-33-23-18-17-19-24-33)36-26-27-37-31(34)21-22-32/h6-7,9-10,30H,2-5,8,11-29,32H2,1H3. The minimum atomic E-state index is -0.257. The predicted octanol–water partition coefficient (Wildman–Crippen LogP) is 6.58. The number of esters is 1. The highest BCUT2D eigenvalue weighted by atomic mass is 16.6. The van der Waals surface area contributed by atoms with Crippen LogP contribution in [-0.4, -0.2) is 69.6 Å². The number of piperidine rings is 1. The molecule has 0 radical (unpaired) electrons. The van der Waals surface area contributed by atoms with Crippen molar-refractivity contribution in [3.8, 4) is 0 Å². The average Bonchev–Trinajstić information content (AvgIpc) is 2.91. The maximum absolute atomic E-state index is 11.5. The first-order valence-electron chi connectivity index (χ1n) is 15.3. The quantitative estimate of drug-likeness (QED) is 0.0829. The lowest BCUT2D eigenvalue weighted by Crippen LogP contribution is -2.40. The minimum absolute atomic E-state index is 0.0240. The van der Waals surface area contributed by atoms with Gasteiger partial charge in [0.1, 0.15) is 6.61 Å². The number of hydrogen-bond donors (Lipinski definition) is 1. The van der Waals surface area contributed by atoms with Crippen LogP contribution in [0.3, 0.4) is 0 Å². The van der Waals surface area contributed by atoms with Crippen LogP contribution < -0.4 is 5.73 Å². The summed E-state index contributed by atoms with van der Waals surface area (Å²) in [5.41, 5.74) is 5.39. The normalized spacial score (nSPS) is 15.6. The van der Waals surface area contributed by atoms with Crippen LogP contribution in [0, 0.1) is 0 Å². The number of hydrogen-bond acceptors (Lipinski definition) is 6. The molecular formula is C31H58N2O4. The monoisotopic (exact) mass is 522 g/mol. The molecule has 1 aliphatic heterocycles. The summed E-state index contributed by atoms with van der Waals surface area (Å²) in [4.78, 5) is 13.9. The molecule has 2 N–H and O–H groups in total. The van der Waals surface area contributed by atoms with Crippen LogP contribution in [0.2, 0.25) is 0 Å². The number of rotatable bonds is 25. The Labute approximate surface area is 228 Å². The number of unbranched alkanes of at least 4 members (excludes halogenated alkanes) is 9. The molecule has 1 aliphatic rings. The molecule has 1 saturated heterocycles. The maximum atomic E-state index is 11.5. The lowest BCUT2D eigenvalue weighted by molar-refractivity contribution is -0.146. The molecule has 0 aromatic carbocycles. The van der Waals surface area contributed by atoms with E-state index in [0.717, 1.165) is 39.1 Å². The van der Waals surface area contributed by atoms with E-state index >= 15 is 0 Å². The van der Waals surface area contributed by atoms with Gasteiger partial charge >= 0.3 is 5.97 Å². The number of carbonyl (C=O) groups excluding carboxylic acids is 1. The summed E-state index contributed by atoms with van der Waals surface area (Å²) in [6.45, 7) is 7.82. The van der Waals surface area contributed by atoms with E-state index in [4.69, 9.17) is 19.9 Å². The molecule has 1 unspecified atom stereocenters. The van der Waals surface area contributed by atoms with Crippen molar-refractivity contribution in [3.05, 3.63) is 24.3 Å². The molecule has 216 valence electrons. The van der Waals surface area contributed by atoms with Gasteiger partial charge in [0.2, 0.25) is 0 Å². The van der Waals surface area contributed by atoms with Crippen LogP contribution in [0.4, 0.5) is 0 Å². The minimum Gasteiger partial charge on any atom is -0.463 e. The van der Waals surface area contributed by atoms with Gasteiger partial charge in [-0.3, -0.25) is 4.79 Å². The highest BCUT2D eigenvalue weighted by Crippen LogP contribution is 2.11. The molecule has 1 rings (SSSR count). The number of likely N-dealkylation sites (tertiary alicyclic amines) is 1. The molecule has 6 nitrogen and oxygen atoms in total. The Balaban J connectivity index is 2.02. The first kappa shape index (κ1) is 33.8. The fourth-order valence-electron chi connectivity index (χ4n) is 4.55. The molecule has 0 spiro atoms. The topological polar surface area (TPSA) is 74.0 Å². The summed E-state index contributed by atoms with van der Waals surface area (Å²) in [5.74, 6) is -0.257. The maximum Gasteiger partial charge on any atom is 0.307 e. The summed E-state index contributed by atoms with van der Waals surface area (Å²) in [6, 6.07) is 0. The van der Waals surface area contributed by atoms with Gasteiger partial charge < -0.3 is 24.8 Å². The fourth-order valence-corrected chi connectivity index (χ4v) is 4.55. The fraction of sp³-hybridized carbons (Fsp3) is 0.839. The van der Waals surface area contributed by atoms with Gasteiger partial charge in [-0.25, -0.2) is 0 Å². The van der Waals surface area contributed by atoms with Crippen LogP contribution in [0.5, 0.6) is 0 Å². The van der Waals surface area contributed by atoms with Crippen molar-refractivity contribution in [1.82, 2.24) is 4.90 Å². The third-order valence-electron chi connectivity index (χ3n) is 6.75. The average molecular weight is 523 g/mol. The molecule has 0 bridgehead atoms. The smallest absolute Gasteiger partial charge is 0.307 e. The summed E-state index contributed by atoms with van der Waals surface area (Å²) in [7, 11) is 0. The van der Waals surface area contributed by atoms with Crippen molar-refractivity contribution in [1.29, 1.82) is 0 Å². The lowest BCUT2D eigenvalue weighted by atomic mass is 10.1. The van der Waals surface area contributed by atoms with Crippen molar-refractivity contribution < 1.29 is 19.0 Å². The molecule has 37 heavy (non-hydrogen) atoms. The molecular weight excluding hydrogens is 464 g/mol. The number of carbonyl (C=O) groups is 1. The van der Waals surface area contributed by atoms with Gasteiger partial charge in [0.25, 0.3) is 0 Å². The first-order valence-corrected chi connectivity index (χ1v) is 15.3. The summed E-state index contributed by atoms with van der Waals surface area (Å²) in [6.07, 6.45) is 28.5. The zero-order chi connectivity index (χ0) is 26.7. The number of nitrogens with two attached hydrogens (primary N) is 1. The molecule has 0 aromatic rings. The zero-order valence-corrected chi connectivity index (χ0v) is 24.0. The van der Waals surface area contributed by atoms with Crippen molar-refractivity contribution >= 4 is 5.97 Å². The van der Waals surface area contributed by atoms with E-state index in [9.17, 15) is 4.79 Å². The third-order valence-corrected chi connectivity index (χ3v) is 6.75. The Hall–Kier alpha value is -1.21. The van der Waals surface area contributed by atoms with Gasteiger partial charge in [-0.1, -0.05) is 76.2 Å². The van der Waals surface area contributed by atoms with E-state index in [-0.39, 0.29) is 25.1 Å². The lowest BCUT2D eigenvalue weighted by Gasteiger charge is -2.30. The Kier molecular flexibility index (Phi) is 24.1. The van der Waals surface area contributed by atoms with E-state index in [2.05, 4.69) is 36.1 Å². The van der Waals surface area contributed by atoms with Gasteiger partial charge in [0, 0.05) is 19.7 Å². The molecule has 6 heteroatoms. The van der Waals surface area contributed by atoms with E-state index in [1.807, 2.05) is 0 Å². The Bertz CT molecular complexity index is 561. The van der Waals surface area contributed by atoms with Gasteiger partial charge in [0.15, 0.2) is 0 Å². The van der Waals surface area contributed by atoms with E-state index in [0.29, 0.717) is 19.8 Å². The van der Waals surface area contributed by atoms with Gasteiger partial charge in [-0.05, 0) is 64.5 Å².